The van der Waals surface area contributed by atoms with Gasteiger partial charge in [-0.1, -0.05) is 0 Å². The highest BCUT2D eigenvalue weighted by atomic mass is 16.3. The molecule has 74 valence electrons. The molecule has 0 aromatic rings. The molecule has 0 bridgehead atoms. The van der Waals surface area contributed by atoms with Crippen molar-refractivity contribution in [1.29, 1.82) is 5.26 Å². The Hall–Kier alpha value is -0.590. The molecule has 1 fully saturated rings. The van der Waals surface area contributed by atoms with Crippen LogP contribution in [0.25, 0.3) is 0 Å². The topological polar surface area (TPSA) is 47.3 Å². The van der Waals surface area contributed by atoms with E-state index >= 15 is 0 Å². The van der Waals surface area contributed by atoms with Crippen LogP contribution < -0.4 is 0 Å². The average molecular weight is 182 g/mol. The Morgan fingerprint density at radius 2 is 2.31 bits per heavy atom. The summed E-state index contributed by atoms with van der Waals surface area (Å²) in [7, 11) is 1.99. The van der Waals surface area contributed by atoms with Gasteiger partial charge in [-0.05, 0) is 33.2 Å². The van der Waals surface area contributed by atoms with Crippen LogP contribution in [0.4, 0.5) is 0 Å². The minimum atomic E-state index is -0.184. The van der Waals surface area contributed by atoms with Gasteiger partial charge in [0.1, 0.15) is 0 Å². The molecule has 0 aromatic heterocycles. The van der Waals surface area contributed by atoms with E-state index in [0.29, 0.717) is 0 Å². The van der Waals surface area contributed by atoms with E-state index < -0.39 is 0 Å². The Balaban J connectivity index is 2.39. The molecule has 13 heavy (non-hydrogen) atoms. The summed E-state index contributed by atoms with van der Waals surface area (Å²) in [6.45, 7) is 2.68. The van der Waals surface area contributed by atoms with Crippen LogP contribution in [0.15, 0.2) is 0 Å². The van der Waals surface area contributed by atoms with Gasteiger partial charge in [0.2, 0.25) is 0 Å². The lowest BCUT2D eigenvalue weighted by Gasteiger charge is -2.27. The maximum atomic E-state index is 9.62. The van der Waals surface area contributed by atoms with E-state index in [1.165, 1.54) is 0 Å². The summed E-state index contributed by atoms with van der Waals surface area (Å²) in [4.78, 5) is 2.12. The Morgan fingerprint density at radius 3 is 2.77 bits per heavy atom. The summed E-state index contributed by atoms with van der Waals surface area (Å²) in [5.74, 6) is 0.0535. The van der Waals surface area contributed by atoms with E-state index in [9.17, 15) is 5.11 Å². The smallest absolute Gasteiger partial charge is 0.0695 e. The van der Waals surface area contributed by atoms with Crippen molar-refractivity contribution in [2.24, 2.45) is 5.92 Å². The van der Waals surface area contributed by atoms with E-state index in [4.69, 9.17) is 5.26 Å². The van der Waals surface area contributed by atoms with E-state index in [-0.39, 0.29) is 18.1 Å². The summed E-state index contributed by atoms with van der Waals surface area (Å²) in [5, 5.41) is 18.3. The quantitative estimate of drug-likeness (QED) is 0.708. The molecule has 1 N–H and O–H groups in total. The molecule has 1 saturated carbocycles. The molecule has 1 unspecified atom stereocenters. The van der Waals surface area contributed by atoms with Crippen LogP contribution in [0.3, 0.4) is 0 Å². The van der Waals surface area contributed by atoms with Crippen LogP contribution >= 0.6 is 0 Å². The Morgan fingerprint density at radius 1 is 1.62 bits per heavy atom. The third-order valence-electron chi connectivity index (χ3n) is 2.79. The van der Waals surface area contributed by atoms with E-state index in [0.717, 1.165) is 25.8 Å². The highest BCUT2D eigenvalue weighted by Gasteiger charge is 2.28. The monoisotopic (exact) mass is 182 g/mol. The van der Waals surface area contributed by atoms with E-state index in [1.807, 2.05) is 14.0 Å². The van der Waals surface area contributed by atoms with Gasteiger partial charge in [-0.25, -0.2) is 0 Å². The van der Waals surface area contributed by atoms with Crippen LogP contribution in [0.1, 0.15) is 26.2 Å². The molecule has 0 aliphatic heterocycles. The molecule has 0 spiro atoms. The summed E-state index contributed by atoms with van der Waals surface area (Å²) >= 11 is 0. The minimum Gasteiger partial charge on any atom is -0.391 e. The SMILES string of the molecule is CC(C#N)CN(C)[C@@H]1CCC[C@H]1O. The second kappa shape index (κ2) is 4.59. The van der Waals surface area contributed by atoms with Gasteiger partial charge in [-0.15, -0.1) is 0 Å². The predicted octanol–water partition coefficient (Wildman–Crippen LogP) is 0.991. The molecular weight excluding hydrogens is 164 g/mol. The Labute approximate surface area is 80.0 Å². The van der Waals surface area contributed by atoms with Crippen molar-refractivity contribution in [2.45, 2.75) is 38.3 Å². The Kier molecular flexibility index (Phi) is 3.71. The zero-order chi connectivity index (χ0) is 9.84. The molecule has 0 amide bonds. The van der Waals surface area contributed by atoms with Gasteiger partial charge >= 0.3 is 0 Å². The first-order valence-electron chi connectivity index (χ1n) is 4.93. The summed E-state index contributed by atoms with van der Waals surface area (Å²) in [6.07, 6.45) is 2.90. The summed E-state index contributed by atoms with van der Waals surface area (Å²) in [5.41, 5.74) is 0. The minimum absolute atomic E-state index is 0.0535. The van der Waals surface area contributed by atoms with Gasteiger partial charge in [0.05, 0.1) is 18.1 Å². The molecule has 3 atom stereocenters. The second-order valence-electron chi connectivity index (χ2n) is 4.04. The molecule has 0 saturated heterocycles. The fourth-order valence-electron chi connectivity index (χ4n) is 2.04. The predicted molar refractivity (Wildman–Crippen MR) is 51.1 cm³/mol. The second-order valence-corrected chi connectivity index (χ2v) is 4.04. The van der Waals surface area contributed by atoms with Crippen LogP contribution in [0.5, 0.6) is 0 Å². The molecule has 0 radical (unpaired) electrons. The number of rotatable bonds is 3. The highest BCUT2D eigenvalue weighted by molar-refractivity contribution is 4.87. The van der Waals surface area contributed by atoms with Crippen molar-refractivity contribution in [3.8, 4) is 6.07 Å². The van der Waals surface area contributed by atoms with Crippen LogP contribution in [0.2, 0.25) is 0 Å². The first kappa shape index (κ1) is 10.5. The average Bonchev–Trinajstić information content (AvgIpc) is 2.51. The molecule has 1 rings (SSSR count). The van der Waals surface area contributed by atoms with Crippen molar-refractivity contribution in [3.63, 3.8) is 0 Å². The zero-order valence-corrected chi connectivity index (χ0v) is 8.40. The molecule has 0 heterocycles. The highest BCUT2D eigenvalue weighted by Crippen LogP contribution is 2.23. The molecule has 1 aliphatic rings. The van der Waals surface area contributed by atoms with Gasteiger partial charge in [0.15, 0.2) is 0 Å². The van der Waals surface area contributed by atoms with Crippen molar-refractivity contribution < 1.29 is 5.11 Å². The molecular formula is C10H18N2O. The standard InChI is InChI=1S/C10H18N2O/c1-8(6-11)7-12(2)9-4-3-5-10(9)13/h8-10,13H,3-5,7H2,1-2H3/t8?,9-,10-/m1/s1. The van der Waals surface area contributed by atoms with E-state index in [1.54, 1.807) is 0 Å². The molecule has 0 aromatic carbocycles. The molecule has 3 heteroatoms. The van der Waals surface area contributed by atoms with Gasteiger partial charge < -0.3 is 5.11 Å². The zero-order valence-electron chi connectivity index (χ0n) is 8.40. The number of nitriles is 1. The number of aliphatic hydroxyl groups is 1. The first-order valence-corrected chi connectivity index (χ1v) is 4.93. The van der Waals surface area contributed by atoms with E-state index in [2.05, 4.69) is 11.0 Å². The molecule has 1 aliphatic carbocycles. The first-order chi connectivity index (χ1) is 6.15. The maximum Gasteiger partial charge on any atom is 0.0695 e. The fourth-order valence-corrected chi connectivity index (χ4v) is 2.04. The number of likely N-dealkylation sites (N-methyl/N-ethyl adjacent to an activating group) is 1. The van der Waals surface area contributed by atoms with Gasteiger partial charge in [0.25, 0.3) is 0 Å². The fraction of sp³-hybridized carbons (Fsp3) is 0.900. The van der Waals surface area contributed by atoms with Gasteiger partial charge in [-0.2, -0.15) is 5.26 Å². The number of nitrogens with zero attached hydrogens (tertiary/aromatic N) is 2. The summed E-state index contributed by atoms with van der Waals surface area (Å²) in [6, 6.07) is 2.48. The maximum absolute atomic E-state index is 9.62. The lowest BCUT2D eigenvalue weighted by atomic mass is 10.1. The van der Waals surface area contributed by atoms with Crippen LogP contribution in [-0.4, -0.2) is 35.7 Å². The van der Waals surface area contributed by atoms with Crippen LogP contribution in [-0.2, 0) is 0 Å². The number of hydrogen-bond acceptors (Lipinski definition) is 3. The third-order valence-corrected chi connectivity index (χ3v) is 2.79. The van der Waals surface area contributed by atoms with Crippen molar-refractivity contribution in [2.75, 3.05) is 13.6 Å². The molecule has 3 nitrogen and oxygen atoms in total. The largest absolute Gasteiger partial charge is 0.391 e. The Bertz CT molecular complexity index is 200. The summed E-state index contributed by atoms with van der Waals surface area (Å²) < 4.78 is 0. The van der Waals surface area contributed by atoms with Crippen molar-refractivity contribution in [1.82, 2.24) is 4.90 Å². The lowest BCUT2D eigenvalue weighted by Crippen LogP contribution is -2.39. The normalized spacial score (nSPS) is 30.4. The number of aliphatic hydroxyl groups excluding tert-OH is 1. The van der Waals surface area contributed by atoms with Crippen molar-refractivity contribution >= 4 is 0 Å². The van der Waals surface area contributed by atoms with Gasteiger partial charge in [-0.3, -0.25) is 4.90 Å². The van der Waals surface area contributed by atoms with Gasteiger partial charge in [0, 0.05) is 12.6 Å². The van der Waals surface area contributed by atoms with Crippen molar-refractivity contribution in [3.05, 3.63) is 0 Å². The van der Waals surface area contributed by atoms with Crippen LogP contribution in [0, 0.1) is 17.2 Å². The third kappa shape index (κ3) is 2.68. The lowest BCUT2D eigenvalue weighted by molar-refractivity contribution is 0.0824. The number of hydrogen-bond donors (Lipinski definition) is 1.